The lowest BCUT2D eigenvalue weighted by molar-refractivity contribution is 0.319. The molecule has 3 aromatic carbocycles. The number of hydrogen-bond acceptors (Lipinski definition) is 4. The molecule has 3 aromatic rings. The van der Waals surface area contributed by atoms with Gasteiger partial charge in [0.25, 0.3) is 0 Å². The molecule has 4 nitrogen and oxygen atoms in total. The molecule has 0 radical (unpaired) electrons. The first-order valence-corrected chi connectivity index (χ1v) is 13.6. The van der Waals surface area contributed by atoms with Gasteiger partial charge in [0.15, 0.2) is 0 Å². The lowest BCUT2D eigenvalue weighted by Gasteiger charge is -2.29. The van der Waals surface area contributed by atoms with Gasteiger partial charge < -0.3 is 14.7 Å². The molecular weight excluding hydrogens is 476 g/mol. The summed E-state index contributed by atoms with van der Waals surface area (Å²) in [6.07, 6.45) is 23.4. The van der Waals surface area contributed by atoms with Crippen LogP contribution in [0.15, 0.2) is 139 Å². The van der Waals surface area contributed by atoms with E-state index in [4.69, 9.17) is 0 Å². The van der Waals surface area contributed by atoms with Crippen LogP contribution in [-0.4, -0.2) is 60.2 Å². The van der Waals surface area contributed by atoms with Gasteiger partial charge in [0, 0.05) is 63.7 Å². The number of benzene rings is 3. The quantitative estimate of drug-likeness (QED) is 0.228. The van der Waals surface area contributed by atoms with Crippen molar-refractivity contribution < 1.29 is 0 Å². The Morgan fingerprint density at radius 3 is 1.92 bits per heavy atom. The SMILES string of the molecule is C1=CN(C/C=C/c2ccccc2)CCN1/C=C/N(C/C=C/c1ccccc1)CCN=C/C=C/c1ccccc1. The van der Waals surface area contributed by atoms with Crippen LogP contribution in [0.1, 0.15) is 16.7 Å². The molecule has 198 valence electrons. The van der Waals surface area contributed by atoms with Gasteiger partial charge in [-0.05, 0) is 22.8 Å². The summed E-state index contributed by atoms with van der Waals surface area (Å²) in [6.45, 7) is 5.28. The molecule has 39 heavy (non-hydrogen) atoms. The van der Waals surface area contributed by atoms with Gasteiger partial charge in [0.1, 0.15) is 0 Å². The van der Waals surface area contributed by atoms with E-state index in [9.17, 15) is 0 Å². The fourth-order valence-electron chi connectivity index (χ4n) is 4.07. The van der Waals surface area contributed by atoms with Crippen LogP contribution in [0, 0.1) is 0 Å². The average Bonchev–Trinajstić information content (AvgIpc) is 2.99. The lowest BCUT2D eigenvalue weighted by atomic mass is 10.2. The molecule has 0 saturated carbocycles. The summed E-state index contributed by atoms with van der Waals surface area (Å²) in [5.74, 6) is 0. The van der Waals surface area contributed by atoms with Crippen molar-refractivity contribution in [1.29, 1.82) is 0 Å². The Labute approximate surface area is 233 Å². The van der Waals surface area contributed by atoms with Gasteiger partial charge in [0.05, 0.1) is 6.54 Å². The third-order valence-electron chi connectivity index (χ3n) is 6.28. The molecule has 0 aliphatic carbocycles. The van der Waals surface area contributed by atoms with E-state index >= 15 is 0 Å². The van der Waals surface area contributed by atoms with Gasteiger partial charge in [-0.25, -0.2) is 0 Å². The van der Waals surface area contributed by atoms with E-state index in [2.05, 4.69) is 136 Å². The maximum absolute atomic E-state index is 4.60. The van der Waals surface area contributed by atoms with E-state index in [1.807, 2.05) is 42.6 Å². The van der Waals surface area contributed by atoms with Crippen LogP contribution in [-0.2, 0) is 0 Å². The zero-order chi connectivity index (χ0) is 26.8. The first kappa shape index (κ1) is 27.5. The zero-order valence-electron chi connectivity index (χ0n) is 22.5. The summed E-state index contributed by atoms with van der Waals surface area (Å²) in [5.41, 5.74) is 3.63. The van der Waals surface area contributed by atoms with Gasteiger partial charge in [-0.3, -0.25) is 4.99 Å². The van der Waals surface area contributed by atoms with Gasteiger partial charge in [-0.1, -0.05) is 121 Å². The fourth-order valence-corrected chi connectivity index (χ4v) is 4.07. The first-order valence-electron chi connectivity index (χ1n) is 13.6. The van der Waals surface area contributed by atoms with Crippen molar-refractivity contribution in [2.24, 2.45) is 4.99 Å². The van der Waals surface area contributed by atoms with E-state index in [0.29, 0.717) is 0 Å². The molecule has 0 saturated heterocycles. The van der Waals surface area contributed by atoms with Crippen molar-refractivity contribution in [3.05, 3.63) is 151 Å². The Kier molecular flexibility index (Phi) is 11.5. The molecule has 4 rings (SSSR count). The molecule has 1 aliphatic rings. The van der Waals surface area contributed by atoms with Crippen LogP contribution in [0.4, 0.5) is 0 Å². The number of aliphatic imine (C=N–C) groups is 1. The third-order valence-corrected chi connectivity index (χ3v) is 6.28. The smallest absolute Gasteiger partial charge is 0.0564 e. The molecule has 1 aliphatic heterocycles. The summed E-state index contributed by atoms with van der Waals surface area (Å²) in [4.78, 5) is 11.5. The second kappa shape index (κ2) is 16.3. The van der Waals surface area contributed by atoms with Gasteiger partial charge >= 0.3 is 0 Å². The number of allylic oxidation sites excluding steroid dienone is 1. The minimum absolute atomic E-state index is 0.736. The Morgan fingerprint density at radius 1 is 0.692 bits per heavy atom. The van der Waals surface area contributed by atoms with E-state index in [1.165, 1.54) is 16.7 Å². The van der Waals surface area contributed by atoms with E-state index in [0.717, 1.165) is 39.3 Å². The molecule has 0 unspecified atom stereocenters. The predicted molar refractivity (Wildman–Crippen MR) is 168 cm³/mol. The van der Waals surface area contributed by atoms with E-state index in [1.54, 1.807) is 0 Å². The Hall–Kier alpha value is -4.57. The molecule has 0 fully saturated rings. The summed E-state index contributed by atoms with van der Waals surface area (Å²) >= 11 is 0. The largest absolute Gasteiger partial charge is 0.371 e. The molecule has 0 aromatic heterocycles. The standard InChI is InChI=1S/C35H38N4/c1-4-13-33(14-5-1)19-10-22-36-23-26-37(24-11-20-34-15-6-2-7-16-34)27-30-39-31-28-38(29-32-39)25-12-21-35-17-8-3-9-18-35/h1-22,27-28,30-31H,23-26,29,32H2/b19-10+,20-11+,21-12+,30-27+,36-22?. The highest BCUT2D eigenvalue weighted by atomic mass is 15.2. The maximum atomic E-state index is 4.60. The van der Waals surface area contributed by atoms with Crippen LogP contribution < -0.4 is 0 Å². The molecule has 1 heterocycles. The van der Waals surface area contributed by atoms with E-state index in [-0.39, 0.29) is 0 Å². The van der Waals surface area contributed by atoms with Crippen molar-refractivity contribution >= 4 is 24.4 Å². The van der Waals surface area contributed by atoms with Crippen molar-refractivity contribution in [3.63, 3.8) is 0 Å². The van der Waals surface area contributed by atoms with Gasteiger partial charge in [0.2, 0.25) is 0 Å². The highest BCUT2D eigenvalue weighted by Gasteiger charge is 2.07. The molecule has 0 N–H and O–H groups in total. The summed E-state index contributed by atoms with van der Waals surface area (Å²) in [5, 5.41) is 0. The molecule has 4 heteroatoms. The van der Waals surface area contributed by atoms with Crippen LogP contribution in [0.3, 0.4) is 0 Å². The molecule has 0 atom stereocenters. The third kappa shape index (κ3) is 10.7. The number of rotatable bonds is 13. The topological polar surface area (TPSA) is 22.1 Å². The second-order valence-electron chi connectivity index (χ2n) is 9.28. The minimum Gasteiger partial charge on any atom is -0.371 e. The van der Waals surface area contributed by atoms with E-state index < -0.39 is 0 Å². The van der Waals surface area contributed by atoms with Crippen molar-refractivity contribution in [2.45, 2.75) is 0 Å². The molecular formula is C35H38N4. The van der Waals surface area contributed by atoms with Crippen LogP contribution in [0.5, 0.6) is 0 Å². The Balaban J connectivity index is 1.27. The van der Waals surface area contributed by atoms with Crippen LogP contribution in [0.25, 0.3) is 18.2 Å². The summed E-state index contributed by atoms with van der Waals surface area (Å²) < 4.78 is 0. The number of nitrogens with zero attached hydrogens (tertiary/aromatic N) is 4. The predicted octanol–water partition coefficient (Wildman–Crippen LogP) is 7.06. The van der Waals surface area contributed by atoms with Crippen molar-refractivity contribution in [2.75, 3.05) is 39.3 Å². The number of hydrogen-bond donors (Lipinski definition) is 0. The maximum Gasteiger partial charge on any atom is 0.0564 e. The van der Waals surface area contributed by atoms with Crippen LogP contribution >= 0.6 is 0 Å². The van der Waals surface area contributed by atoms with Gasteiger partial charge in [-0.15, -0.1) is 0 Å². The normalized spacial score (nSPS) is 14.2. The Morgan fingerprint density at radius 2 is 1.31 bits per heavy atom. The average molecular weight is 515 g/mol. The molecule has 0 spiro atoms. The Bertz CT molecular complexity index is 1260. The molecule has 0 amide bonds. The highest BCUT2D eigenvalue weighted by Crippen LogP contribution is 2.07. The second-order valence-corrected chi connectivity index (χ2v) is 9.28. The summed E-state index contributed by atoms with van der Waals surface area (Å²) in [7, 11) is 0. The van der Waals surface area contributed by atoms with Gasteiger partial charge in [-0.2, -0.15) is 0 Å². The van der Waals surface area contributed by atoms with Crippen LogP contribution in [0.2, 0.25) is 0 Å². The lowest BCUT2D eigenvalue weighted by Crippen LogP contribution is -2.32. The van der Waals surface area contributed by atoms with Crippen molar-refractivity contribution in [3.8, 4) is 0 Å². The molecule has 0 bridgehead atoms. The monoisotopic (exact) mass is 514 g/mol. The minimum atomic E-state index is 0.736. The summed E-state index contributed by atoms with van der Waals surface area (Å²) in [6, 6.07) is 31.2. The highest BCUT2D eigenvalue weighted by molar-refractivity contribution is 5.78. The zero-order valence-corrected chi connectivity index (χ0v) is 22.5. The fraction of sp³-hybridized carbons (Fsp3) is 0.171. The first-order chi connectivity index (χ1) is 19.3. The van der Waals surface area contributed by atoms with Crippen molar-refractivity contribution in [1.82, 2.24) is 14.7 Å².